The molecule has 0 saturated carbocycles. The fourth-order valence-electron chi connectivity index (χ4n) is 4.71. The number of hydrogen-bond donors (Lipinski definition) is 1. The van der Waals surface area contributed by atoms with Crippen LogP contribution < -0.4 is 21.1 Å². The predicted octanol–water partition coefficient (Wildman–Crippen LogP) is 2.28. The van der Waals surface area contributed by atoms with Gasteiger partial charge < -0.3 is 20.3 Å². The molecular formula is C26H28FN7O2. The summed E-state index contributed by atoms with van der Waals surface area (Å²) in [5, 5.41) is 9.17. The molecule has 5 rings (SSSR count). The highest BCUT2D eigenvalue weighted by atomic mass is 19.1. The first-order valence-electron chi connectivity index (χ1n) is 12.1. The number of benzene rings is 1. The Kier molecular flexibility index (Phi) is 6.67. The van der Waals surface area contributed by atoms with Gasteiger partial charge in [-0.05, 0) is 37.1 Å². The zero-order chi connectivity index (χ0) is 25.2. The van der Waals surface area contributed by atoms with Gasteiger partial charge in [-0.25, -0.2) is 14.4 Å². The molecule has 2 fully saturated rings. The Balaban J connectivity index is 1.63. The van der Waals surface area contributed by atoms with Gasteiger partial charge in [0.1, 0.15) is 17.7 Å². The molecule has 0 unspecified atom stereocenters. The van der Waals surface area contributed by atoms with E-state index in [9.17, 15) is 9.18 Å². The van der Waals surface area contributed by atoms with Crippen LogP contribution in [0.5, 0.6) is 0 Å². The molecule has 0 atom stereocenters. The molecule has 9 nitrogen and oxygen atoms in total. The normalized spacial score (nSPS) is 16.7. The van der Waals surface area contributed by atoms with Gasteiger partial charge in [-0.1, -0.05) is 6.07 Å². The van der Waals surface area contributed by atoms with Gasteiger partial charge in [-0.2, -0.15) is 5.26 Å². The lowest BCUT2D eigenvalue weighted by Gasteiger charge is -2.32. The zero-order valence-corrected chi connectivity index (χ0v) is 20.2. The second kappa shape index (κ2) is 10.0. The Bertz CT molecular complexity index is 1350. The van der Waals surface area contributed by atoms with Crippen LogP contribution in [-0.4, -0.2) is 60.0 Å². The highest BCUT2D eigenvalue weighted by Crippen LogP contribution is 2.31. The van der Waals surface area contributed by atoms with Gasteiger partial charge in [0.2, 0.25) is 5.95 Å². The van der Waals surface area contributed by atoms with E-state index in [1.807, 2.05) is 23.1 Å². The molecule has 36 heavy (non-hydrogen) atoms. The summed E-state index contributed by atoms with van der Waals surface area (Å²) in [6.07, 6.45) is 3.25. The summed E-state index contributed by atoms with van der Waals surface area (Å²) in [4.78, 5) is 27.4. The van der Waals surface area contributed by atoms with Crippen LogP contribution in [0.15, 0.2) is 41.3 Å². The Morgan fingerprint density at radius 2 is 1.81 bits per heavy atom. The molecule has 10 heteroatoms. The highest BCUT2D eigenvalue weighted by Gasteiger charge is 2.25. The molecule has 0 bridgehead atoms. The van der Waals surface area contributed by atoms with Gasteiger partial charge in [0.15, 0.2) is 0 Å². The number of pyridine rings is 1. The molecule has 2 saturated heterocycles. The SMILES string of the molecule is Cn1c(N2CCC(N)CC2)nc(-c2ccc(C#N)c(F)c2)c(-c2ccc(N3CCOCC3)nc2)c1=O. The van der Waals surface area contributed by atoms with E-state index in [1.165, 1.54) is 16.7 Å². The summed E-state index contributed by atoms with van der Waals surface area (Å²) in [5.41, 5.74) is 7.45. The number of aromatic nitrogens is 3. The van der Waals surface area contributed by atoms with Crippen LogP contribution in [0.3, 0.4) is 0 Å². The lowest BCUT2D eigenvalue weighted by molar-refractivity contribution is 0.122. The third-order valence-electron chi connectivity index (χ3n) is 6.82. The molecule has 0 aliphatic carbocycles. The van der Waals surface area contributed by atoms with Crippen molar-refractivity contribution in [1.29, 1.82) is 5.26 Å². The monoisotopic (exact) mass is 489 g/mol. The fourth-order valence-corrected chi connectivity index (χ4v) is 4.71. The second-order valence-electron chi connectivity index (χ2n) is 9.13. The van der Waals surface area contributed by atoms with Crippen molar-refractivity contribution in [3.05, 3.63) is 58.3 Å². The molecule has 2 N–H and O–H groups in total. The number of nitrogens with two attached hydrogens (primary N) is 1. The Hall–Kier alpha value is -3.81. The van der Waals surface area contributed by atoms with E-state index in [1.54, 1.807) is 19.3 Å². The minimum atomic E-state index is -0.658. The number of halogens is 1. The molecule has 4 heterocycles. The smallest absolute Gasteiger partial charge is 0.263 e. The first kappa shape index (κ1) is 23.9. The molecular weight excluding hydrogens is 461 g/mol. The lowest BCUT2D eigenvalue weighted by Crippen LogP contribution is -2.42. The summed E-state index contributed by atoms with van der Waals surface area (Å²) in [6.45, 7) is 4.14. The quantitative estimate of drug-likeness (QED) is 0.594. The van der Waals surface area contributed by atoms with E-state index >= 15 is 0 Å². The predicted molar refractivity (Wildman–Crippen MR) is 135 cm³/mol. The van der Waals surface area contributed by atoms with Crippen molar-refractivity contribution in [3.8, 4) is 28.5 Å². The van der Waals surface area contributed by atoms with E-state index in [4.69, 9.17) is 20.7 Å². The van der Waals surface area contributed by atoms with Crippen molar-refractivity contribution >= 4 is 11.8 Å². The zero-order valence-electron chi connectivity index (χ0n) is 20.2. The summed E-state index contributed by atoms with van der Waals surface area (Å²) in [6, 6.07) is 9.98. The average Bonchev–Trinajstić information content (AvgIpc) is 2.91. The largest absolute Gasteiger partial charge is 0.378 e. The van der Waals surface area contributed by atoms with Crippen LogP contribution in [0.4, 0.5) is 16.2 Å². The van der Waals surface area contributed by atoms with E-state index < -0.39 is 5.82 Å². The van der Waals surface area contributed by atoms with Crippen molar-refractivity contribution in [2.75, 3.05) is 49.2 Å². The van der Waals surface area contributed by atoms with Crippen LogP contribution in [0.1, 0.15) is 18.4 Å². The highest BCUT2D eigenvalue weighted by molar-refractivity contribution is 5.81. The maximum Gasteiger partial charge on any atom is 0.263 e. The minimum absolute atomic E-state index is 0.0640. The number of piperidine rings is 1. The molecule has 3 aromatic rings. The maximum absolute atomic E-state index is 14.6. The molecule has 2 aliphatic heterocycles. The van der Waals surface area contributed by atoms with Gasteiger partial charge in [0, 0.05) is 56.6 Å². The minimum Gasteiger partial charge on any atom is -0.378 e. The van der Waals surface area contributed by atoms with Gasteiger partial charge in [0.05, 0.1) is 30.0 Å². The van der Waals surface area contributed by atoms with Crippen molar-refractivity contribution in [1.82, 2.24) is 14.5 Å². The van der Waals surface area contributed by atoms with Gasteiger partial charge >= 0.3 is 0 Å². The molecule has 0 radical (unpaired) electrons. The topological polar surface area (TPSA) is 113 Å². The third-order valence-corrected chi connectivity index (χ3v) is 6.82. The summed E-state index contributed by atoms with van der Waals surface area (Å²) < 4.78 is 21.6. The molecule has 2 aliphatic rings. The number of rotatable bonds is 4. The summed E-state index contributed by atoms with van der Waals surface area (Å²) in [5.74, 6) is 0.655. The third kappa shape index (κ3) is 4.55. The fraction of sp³-hybridized carbons (Fsp3) is 0.385. The Morgan fingerprint density at radius 3 is 2.44 bits per heavy atom. The van der Waals surface area contributed by atoms with Crippen molar-refractivity contribution < 1.29 is 9.13 Å². The second-order valence-corrected chi connectivity index (χ2v) is 9.13. The molecule has 1 aromatic carbocycles. The van der Waals surface area contributed by atoms with Crippen LogP contribution in [-0.2, 0) is 11.8 Å². The van der Waals surface area contributed by atoms with Crippen LogP contribution in [0, 0.1) is 17.1 Å². The number of nitrogens with zero attached hydrogens (tertiary/aromatic N) is 6. The first-order chi connectivity index (χ1) is 17.5. The molecule has 0 amide bonds. The summed E-state index contributed by atoms with van der Waals surface area (Å²) >= 11 is 0. The van der Waals surface area contributed by atoms with Crippen molar-refractivity contribution in [2.45, 2.75) is 18.9 Å². The standard InChI is InChI=1S/C26H28FN7O2/c1-32-25(35)23(19-4-5-22(30-16-19)33-10-12-36-13-11-33)24(17-2-3-18(15-28)21(27)14-17)31-26(32)34-8-6-20(29)7-9-34/h2-5,14,16,20H,6-13,29H2,1H3. The summed E-state index contributed by atoms with van der Waals surface area (Å²) in [7, 11) is 1.70. The molecule has 2 aromatic heterocycles. The van der Waals surface area contributed by atoms with Crippen molar-refractivity contribution in [2.24, 2.45) is 12.8 Å². The maximum atomic E-state index is 14.6. The van der Waals surface area contributed by atoms with Crippen LogP contribution in [0.2, 0.25) is 0 Å². The Labute approximate surface area is 208 Å². The van der Waals surface area contributed by atoms with Gasteiger partial charge in [0.25, 0.3) is 5.56 Å². The van der Waals surface area contributed by atoms with E-state index in [0.717, 1.165) is 31.7 Å². The number of anilines is 2. The van der Waals surface area contributed by atoms with Gasteiger partial charge in [-0.15, -0.1) is 0 Å². The Morgan fingerprint density at radius 1 is 1.08 bits per heavy atom. The number of nitriles is 1. The van der Waals surface area contributed by atoms with Crippen LogP contribution >= 0.6 is 0 Å². The van der Waals surface area contributed by atoms with Crippen molar-refractivity contribution in [3.63, 3.8) is 0 Å². The lowest BCUT2D eigenvalue weighted by atomic mass is 10.00. The van der Waals surface area contributed by atoms with Gasteiger partial charge in [-0.3, -0.25) is 9.36 Å². The first-order valence-corrected chi connectivity index (χ1v) is 12.1. The number of morpholine rings is 1. The average molecular weight is 490 g/mol. The van der Waals surface area contributed by atoms with E-state index in [2.05, 4.69) is 9.88 Å². The molecule has 186 valence electrons. The van der Waals surface area contributed by atoms with Crippen LogP contribution in [0.25, 0.3) is 22.4 Å². The number of hydrogen-bond acceptors (Lipinski definition) is 8. The molecule has 0 spiro atoms. The van der Waals surface area contributed by atoms with E-state index in [-0.39, 0.29) is 17.2 Å². The number of ether oxygens (including phenoxy) is 1. The van der Waals surface area contributed by atoms with E-state index in [0.29, 0.717) is 54.6 Å².